The number of nitrogens with one attached hydrogen (secondary N) is 1. The Morgan fingerprint density at radius 1 is 1.10 bits per heavy atom. The lowest BCUT2D eigenvalue weighted by molar-refractivity contribution is -0.134. The van der Waals surface area contributed by atoms with Crippen molar-refractivity contribution in [2.45, 2.75) is 45.6 Å². The van der Waals surface area contributed by atoms with Crippen molar-refractivity contribution >= 4 is 23.7 Å². The average Bonchev–Trinajstić information content (AvgIpc) is 3.43. The first-order valence-corrected chi connectivity index (χ1v) is 12.7. The van der Waals surface area contributed by atoms with Crippen molar-refractivity contribution in [2.24, 2.45) is 0 Å². The molecule has 0 bridgehead atoms. The number of nitrogens with zero attached hydrogens (tertiary/aromatic N) is 6. The smallest absolute Gasteiger partial charge is 0.328 e. The second-order valence-corrected chi connectivity index (χ2v) is 9.63. The zero-order chi connectivity index (χ0) is 29.7. The summed E-state index contributed by atoms with van der Waals surface area (Å²) in [7, 11) is 0. The summed E-state index contributed by atoms with van der Waals surface area (Å²) in [6.45, 7) is 5.85. The SMILES string of the molecule is Cc1cc(F)c(C(=O)Nc2cccc(-c3nncn3C(C)C)n2)cc1-n1cnc(C2CC2)c1.O=C(O)/C=C\C(=O)O. The third kappa shape index (κ3) is 7.26. The lowest BCUT2D eigenvalue weighted by atomic mass is 10.1. The van der Waals surface area contributed by atoms with Gasteiger partial charge in [-0.3, -0.25) is 4.79 Å². The summed E-state index contributed by atoms with van der Waals surface area (Å²) >= 11 is 0. The number of carbonyl (C=O) groups excluding carboxylic acids is 1. The van der Waals surface area contributed by atoms with Gasteiger partial charge in [-0.15, -0.1) is 10.2 Å². The van der Waals surface area contributed by atoms with Crippen LogP contribution in [0.1, 0.15) is 60.3 Å². The molecule has 1 aliphatic rings. The van der Waals surface area contributed by atoms with E-state index in [1.165, 1.54) is 6.07 Å². The number of hydrogen-bond donors (Lipinski definition) is 3. The third-order valence-electron chi connectivity index (χ3n) is 6.12. The predicted octanol–water partition coefficient (Wildman–Crippen LogP) is 4.40. The van der Waals surface area contributed by atoms with E-state index in [-0.39, 0.29) is 11.6 Å². The van der Waals surface area contributed by atoms with Crippen LogP contribution in [0, 0.1) is 12.7 Å². The molecule has 0 unspecified atom stereocenters. The number of benzene rings is 1. The van der Waals surface area contributed by atoms with Gasteiger partial charge in [0.2, 0.25) is 0 Å². The van der Waals surface area contributed by atoms with Crippen molar-refractivity contribution in [3.63, 3.8) is 0 Å². The van der Waals surface area contributed by atoms with E-state index in [0.29, 0.717) is 41.1 Å². The van der Waals surface area contributed by atoms with Gasteiger partial charge in [-0.05, 0) is 63.4 Å². The summed E-state index contributed by atoms with van der Waals surface area (Å²) in [6, 6.07) is 8.29. The molecule has 3 N–H and O–H groups in total. The molecule has 3 heterocycles. The van der Waals surface area contributed by atoms with Crippen molar-refractivity contribution < 1.29 is 29.0 Å². The van der Waals surface area contributed by atoms with Crippen molar-refractivity contribution in [3.05, 3.63) is 84.0 Å². The number of halogens is 1. The highest BCUT2D eigenvalue weighted by Crippen LogP contribution is 2.39. The molecule has 5 rings (SSSR count). The van der Waals surface area contributed by atoms with Gasteiger partial charge in [0.15, 0.2) is 5.82 Å². The van der Waals surface area contributed by atoms with Crippen molar-refractivity contribution in [1.29, 1.82) is 0 Å². The Labute approximate surface area is 234 Å². The Kier molecular flexibility index (Phi) is 8.66. The van der Waals surface area contributed by atoms with E-state index >= 15 is 0 Å². The molecule has 12 nitrogen and oxygen atoms in total. The first kappa shape index (κ1) is 28.8. The van der Waals surface area contributed by atoms with Crippen LogP contribution < -0.4 is 5.32 Å². The molecule has 1 aromatic carbocycles. The Morgan fingerprint density at radius 3 is 2.44 bits per heavy atom. The minimum atomic E-state index is -1.26. The molecule has 1 aliphatic carbocycles. The van der Waals surface area contributed by atoms with E-state index in [4.69, 9.17) is 10.2 Å². The highest BCUT2D eigenvalue weighted by molar-refractivity contribution is 6.04. The zero-order valence-electron chi connectivity index (χ0n) is 22.5. The Hall–Kier alpha value is -5.20. The van der Waals surface area contributed by atoms with Crippen LogP contribution in [0.15, 0.2) is 61.3 Å². The third-order valence-corrected chi connectivity index (χ3v) is 6.12. The standard InChI is InChI=1S/C24H24FN7O.C4H4O4/c1-14(2)32-13-27-30-23(32)19-5-4-6-22(28-19)29-24(33)17-10-21(15(3)9-18(17)25)31-11-20(26-12-31)16-7-8-16;5-3(6)1-2-4(7)8/h4-6,9-14,16H,7-8H2,1-3H3,(H,28,29,33);1-2H,(H,5,6)(H,7,8)/b;2-1-. The molecule has 1 saturated carbocycles. The summed E-state index contributed by atoms with van der Waals surface area (Å²) in [5.41, 5.74) is 2.97. The summed E-state index contributed by atoms with van der Waals surface area (Å²) in [5, 5.41) is 26.4. The normalized spacial score (nSPS) is 12.7. The van der Waals surface area contributed by atoms with Gasteiger partial charge >= 0.3 is 11.9 Å². The number of rotatable bonds is 8. The minimum Gasteiger partial charge on any atom is -0.478 e. The first-order chi connectivity index (χ1) is 19.5. The second-order valence-electron chi connectivity index (χ2n) is 9.63. The van der Waals surface area contributed by atoms with Gasteiger partial charge in [0.1, 0.15) is 23.7 Å². The van der Waals surface area contributed by atoms with Crippen LogP contribution in [0.5, 0.6) is 0 Å². The van der Waals surface area contributed by atoms with Crippen LogP contribution in [-0.4, -0.2) is 57.4 Å². The Morgan fingerprint density at radius 2 is 1.80 bits per heavy atom. The fourth-order valence-electron chi connectivity index (χ4n) is 3.93. The fraction of sp³-hybridized carbons (Fsp3) is 0.250. The van der Waals surface area contributed by atoms with Crippen LogP contribution in [0.25, 0.3) is 17.2 Å². The number of imidazole rings is 1. The molecule has 0 aliphatic heterocycles. The number of amides is 1. The first-order valence-electron chi connectivity index (χ1n) is 12.7. The molecule has 3 aromatic heterocycles. The van der Waals surface area contributed by atoms with E-state index in [2.05, 4.69) is 25.5 Å². The number of hydrogen-bond acceptors (Lipinski definition) is 7. The van der Waals surface area contributed by atoms with Crippen molar-refractivity contribution in [2.75, 3.05) is 5.32 Å². The highest BCUT2D eigenvalue weighted by atomic mass is 19.1. The number of carboxylic acids is 2. The zero-order valence-corrected chi connectivity index (χ0v) is 22.5. The number of carboxylic acid groups (broad SMARTS) is 2. The Balaban J connectivity index is 0.000000426. The number of anilines is 1. The monoisotopic (exact) mass is 561 g/mol. The van der Waals surface area contributed by atoms with E-state index in [1.54, 1.807) is 36.9 Å². The molecule has 1 fully saturated rings. The molecule has 13 heteroatoms. The molecule has 0 saturated heterocycles. The van der Waals surface area contributed by atoms with Crippen LogP contribution in [0.3, 0.4) is 0 Å². The summed E-state index contributed by atoms with van der Waals surface area (Å²) in [6.07, 6.45) is 8.71. The van der Waals surface area contributed by atoms with E-state index in [0.717, 1.165) is 24.1 Å². The molecule has 0 radical (unpaired) electrons. The molecule has 0 spiro atoms. The van der Waals surface area contributed by atoms with Crippen LogP contribution in [0.2, 0.25) is 0 Å². The van der Waals surface area contributed by atoms with E-state index in [9.17, 15) is 18.8 Å². The van der Waals surface area contributed by atoms with Gasteiger partial charge in [0.05, 0.1) is 23.3 Å². The maximum absolute atomic E-state index is 14.8. The summed E-state index contributed by atoms with van der Waals surface area (Å²) in [5.74, 6) is -2.28. The second kappa shape index (κ2) is 12.3. The molecule has 4 aromatic rings. The molecular formula is C28H28FN7O5. The fourth-order valence-corrected chi connectivity index (χ4v) is 3.93. The van der Waals surface area contributed by atoms with Crippen molar-refractivity contribution in [3.8, 4) is 17.2 Å². The number of aryl methyl sites for hydroxylation is 1. The molecule has 1 amide bonds. The average molecular weight is 562 g/mol. The van der Waals surface area contributed by atoms with Crippen LogP contribution in [0.4, 0.5) is 10.2 Å². The predicted molar refractivity (Wildman–Crippen MR) is 146 cm³/mol. The molecule has 41 heavy (non-hydrogen) atoms. The van der Waals surface area contributed by atoms with Gasteiger partial charge in [-0.2, -0.15) is 0 Å². The van der Waals surface area contributed by atoms with Gasteiger partial charge in [0.25, 0.3) is 5.91 Å². The Bertz CT molecular complexity index is 1610. The largest absolute Gasteiger partial charge is 0.478 e. The number of aliphatic carboxylic acids is 2. The summed E-state index contributed by atoms with van der Waals surface area (Å²) in [4.78, 5) is 41.0. The van der Waals surface area contributed by atoms with Crippen molar-refractivity contribution in [1.82, 2.24) is 29.3 Å². The topological polar surface area (TPSA) is 165 Å². The number of carbonyl (C=O) groups is 3. The number of aromatic nitrogens is 6. The highest BCUT2D eigenvalue weighted by Gasteiger charge is 2.26. The molecular weight excluding hydrogens is 533 g/mol. The quantitative estimate of drug-likeness (QED) is 0.264. The van der Waals surface area contributed by atoms with Gasteiger partial charge in [-0.25, -0.2) is 23.9 Å². The van der Waals surface area contributed by atoms with Crippen LogP contribution >= 0.6 is 0 Å². The van der Waals surface area contributed by atoms with E-state index in [1.807, 2.05) is 36.1 Å². The van der Waals surface area contributed by atoms with Gasteiger partial charge < -0.3 is 24.7 Å². The van der Waals surface area contributed by atoms with Gasteiger partial charge in [0, 0.05) is 30.3 Å². The molecule has 0 atom stereocenters. The maximum atomic E-state index is 14.8. The van der Waals surface area contributed by atoms with Crippen LogP contribution in [-0.2, 0) is 9.59 Å². The lowest BCUT2D eigenvalue weighted by Gasteiger charge is -2.12. The summed E-state index contributed by atoms with van der Waals surface area (Å²) < 4.78 is 18.5. The maximum Gasteiger partial charge on any atom is 0.328 e. The van der Waals surface area contributed by atoms with Gasteiger partial charge in [-0.1, -0.05) is 6.07 Å². The molecule has 212 valence electrons. The minimum absolute atomic E-state index is 0.0603. The van der Waals surface area contributed by atoms with E-state index < -0.39 is 23.7 Å². The number of pyridine rings is 1. The lowest BCUT2D eigenvalue weighted by Crippen LogP contribution is -2.16.